The Morgan fingerprint density at radius 3 is 2.78 bits per heavy atom. The van der Waals surface area contributed by atoms with Crippen molar-refractivity contribution in [3.8, 4) is 0 Å². The third-order valence-corrected chi connectivity index (χ3v) is 2.33. The molecule has 0 aliphatic heterocycles. The van der Waals surface area contributed by atoms with Crippen LogP contribution >= 0.6 is 0 Å². The molecular formula is C13H19N3O2. The number of guanidine groups is 1. The molecule has 5 nitrogen and oxygen atoms in total. The van der Waals surface area contributed by atoms with E-state index in [-0.39, 0.29) is 11.9 Å². The summed E-state index contributed by atoms with van der Waals surface area (Å²) in [6.45, 7) is 2.88. The van der Waals surface area contributed by atoms with Crippen molar-refractivity contribution in [3.05, 3.63) is 35.4 Å². The molecule has 0 bridgehead atoms. The lowest BCUT2D eigenvalue weighted by Crippen LogP contribution is -2.23. The van der Waals surface area contributed by atoms with Crippen molar-refractivity contribution >= 4 is 11.9 Å². The second-order valence-corrected chi connectivity index (χ2v) is 4.02. The highest BCUT2D eigenvalue weighted by Gasteiger charge is 2.05. The Balaban J connectivity index is 2.24. The van der Waals surface area contributed by atoms with Gasteiger partial charge in [0.05, 0.1) is 12.2 Å². The highest BCUT2D eigenvalue weighted by Crippen LogP contribution is 2.06. The van der Waals surface area contributed by atoms with E-state index in [0.29, 0.717) is 18.7 Å². The summed E-state index contributed by atoms with van der Waals surface area (Å²) in [7, 11) is 0. The maximum Gasteiger partial charge on any atom is 0.338 e. The molecule has 1 aromatic rings. The minimum absolute atomic E-state index is 0.0896. The van der Waals surface area contributed by atoms with E-state index in [1.165, 1.54) is 0 Å². The summed E-state index contributed by atoms with van der Waals surface area (Å²) in [6, 6.07) is 7.33. The summed E-state index contributed by atoms with van der Waals surface area (Å²) in [5, 5.41) is 0. The lowest BCUT2D eigenvalue weighted by molar-refractivity contribution is 0.0499. The van der Waals surface area contributed by atoms with E-state index in [0.717, 1.165) is 18.4 Å². The van der Waals surface area contributed by atoms with E-state index >= 15 is 0 Å². The number of aryl methyl sites for hydroxylation is 1. The Hall–Kier alpha value is -2.04. The maximum absolute atomic E-state index is 11.6. The summed E-state index contributed by atoms with van der Waals surface area (Å²) in [6.07, 6.45) is 1.54. The largest absolute Gasteiger partial charge is 0.462 e. The molecule has 18 heavy (non-hydrogen) atoms. The summed E-state index contributed by atoms with van der Waals surface area (Å²) in [4.78, 5) is 15.5. The van der Waals surface area contributed by atoms with Crippen molar-refractivity contribution in [1.29, 1.82) is 0 Å². The van der Waals surface area contributed by atoms with E-state index in [4.69, 9.17) is 16.2 Å². The third kappa shape index (κ3) is 5.34. The van der Waals surface area contributed by atoms with Gasteiger partial charge in [-0.15, -0.1) is 0 Å². The molecule has 1 rings (SSSR count). The van der Waals surface area contributed by atoms with Crippen LogP contribution in [0.25, 0.3) is 0 Å². The van der Waals surface area contributed by atoms with E-state index in [1.807, 2.05) is 25.1 Å². The van der Waals surface area contributed by atoms with Crippen LogP contribution in [-0.4, -0.2) is 25.1 Å². The van der Waals surface area contributed by atoms with Crippen molar-refractivity contribution < 1.29 is 9.53 Å². The van der Waals surface area contributed by atoms with Crippen molar-refractivity contribution in [3.63, 3.8) is 0 Å². The van der Waals surface area contributed by atoms with Crippen molar-refractivity contribution in [1.82, 2.24) is 0 Å². The van der Waals surface area contributed by atoms with Crippen molar-refractivity contribution in [2.75, 3.05) is 13.2 Å². The van der Waals surface area contributed by atoms with Crippen LogP contribution in [0.3, 0.4) is 0 Å². The van der Waals surface area contributed by atoms with Crippen LogP contribution in [0.5, 0.6) is 0 Å². The predicted molar refractivity (Wildman–Crippen MR) is 71.4 cm³/mol. The zero-order chi connectivity index (χ0) is 13.4. The van der Waals surface area contributed by atoms with Gasteiger partial charge in [0.1, 0.15) is 0 Å². The molecule has 5 heteroatoms. The molecular weight excluding hydrogens is 230 g/mol. The summed E-state index contributed by atoms with van der Waals surface area (Å²) < 4.78 is 5.14. The number of unbranched alkanes of at least 4 members (excludes halogenated alkanes) is 1. The number of hydrogen-bond acceptors (Lipinski definition) is 3. The van der Waals surface area contributed by atoms with Gasteiger partial charge < -0.3 is 16.2 Å². The van der Waals surface area contributed by atoms with Gasteiger partial charge in [0.15, 0.2) is 5.96 Å². The van der Waals surface area contributed by atoms with Gasteiger partial charge in [-0.1, -0.05) is 17.7 Å². The zero-order valence-corrected chi connectivity index (χ0v) is 10.6. The second-order valence-electron chi connectivity index (χ2n) is 4.02. The summed E-state index contributed by atoms with van der Waals surface area (Å²) in [5.41, 5.74) is 12.0. The lowest BCUT2D eigenvalue weighted by Gasteiger charge is -2.04. The number of nitrogens with zero attached hydrogens (tertiary/aromatic N) is 1. The molecule has 0 unspecified atom stereocenters. The first-order chi connectivity index (χ1) is 8.59. The van der Waals surface area contributed by atoms with E-state index in [1.54, 1.807) is 6.07 Å². The second kappa shape index (κ2) is 7.32. The number of esters is 1. The molecule has 0 atom stereocenters. The number of rotatable bonds is 6. The number of carbonyl (C=O) groups excluding carboxylic acids is 1. The Bertz CT molecular complexity index is 426. The first kappa shape index (κ1) is 14.0. The van der Waals surface area contributed by atoms with Crippen LogP contribution in [0.4, 0.5) is 0 Å². The minimum Gasteiger partial charge on any atom is -0.462 e. The van der Waals surface area contributed by atoms with Gasteiger partial charge in [0, 0.05) is 6.54 Å². The van der Waals surface area contributed by atoms with Crippen LogP contribution in [0.15, 0.2) is 29.3 Å². The minimum atomic E-state index is -0.291. The molecule has 0 saturated heterocycles. The topological polar surface area (TPSA) is 90.7 Å². The van der Waals surface area contributed by atoms with Gasteiger partial charge in [-0.3, -0.25) is 4.99 Å². The number of nitrogens with two attached hydrogens (primary N) is 2. The highest BCUT2D eigenvalue weighted by molar-refractivity contribution is 5.89. The average Bonchev–Trinajstić information content (AvgIpc) is 2.33. The fourth-order valence-corrected chi connectivity index (χ4v) is 1.44. The zero-order valence-electron chi connectivity index (χ0n) is 10.6. The first-order valence-corrected chi connectivity index (χ1v) is 5.89. The Morgan fingerprint density at radius 1 is 1.33 bits per heavy atom. The van der Waals surface area contributed by atoms with Gasteiger partial charge in [0.25, 0.3) is 0 Å². The van der Waals surface area contributed by atoms with Crippen LogP contribution in [0.2, 0.25) is 0 Å². The van der Waals surface area contributed by atoms with Crippen molar-refractivity contribution in [2.45, 2.75) is 19.8 Å². The number of carbonyl (C=O) groups is 1. The molecule has 98 valence electrons. The van der Waals surface area contributed by atoms with Gasteiger partial charge in [-0.2, -0.15) is 0 Å². The number of benzene rings is 1. The Kier molecular flexibility index (Phi) is 5.70. The predicted octanol–water partition coefficient (Wildman–Crippen LogP) is 1.21. The molecule has 0 fully saturated rings. The monoisotopic (exact) mass is 249 g/mol. The molecule has 0 aromatic heterocycles. The maximum atomic E-state index is 11.6. The average molecular weight is 249 g/mol. The van der Waals surface area contributed by atoms with Gasteiger partial charge in [0.2, 0.25) is 0 Å². The van der Waals surface area contributed by atoms with Gasteiger partial charge >= 0.3 is 5.97 Å². The number of aliphatic imine (C=N–C) groups is 1. The number of hydrogen-bond donors (Lipinski definition) is 2. The smallest absolute Gasteiger partial charge is 0.338 e. The third-order valence-electron chi connectivity index (χ3n) is 2.33. The normalized spacial score (nSPS) is 9.83. The van der Waals surface area contributed by atoms with Gasteiger partial charge in [-0.05, 0) is 31.9 Å². The fourth-order valence-electron chi connectivity index (χ4n) is 1.44. The molecule has 0 amide bonds. The van der Waals surface area contributed by atoms with Gasteiger partial charge in [-0.25, -0.2) is 4.79 Å². The molecule has 1 aromatic carbocycles. The molecule has 0 saturated carbocycles. The molecule has 0 aliphatic carbocycles. The van der Waals surface area contributed by atoms with Crippen molar-refractivity contribution in [2.24, 2.45) is 16.5 Å². The van der Waals surface area contributed by atoms with E-state index < -0.39 is 0 Å². The Labute approximate surface area is 107 Å². The molecule has 0 aliphatic rings. The van der Waals surface area contributed by atoms with Crippen LogP contribution in [0, 0.1) is 6.92 Å². The Morgan fingerprint density at radius 2 is 2.11 bits per heavy atom. The SMILES string of the molecule is Cc1cccc(C(=O)OCCCCN=C(N)N)c1. The molecule has 0 radical (unpaired) electrons. The standard InChI is InChI=1S/C13H19N3O2/c1-10-5-4-6-11(9-10)12(17)18-8-3-2-7-16-13(14)15/h4-6,9H,2-3,7-8H2,1H3,(H4,14,15,16). The molecule has 0 heterocycles. The highest BCUT2D eigenvalue weighted by atomic mass is 16.5. The summed E-state index contributed by atoms with van der Waals surface area (Å²) >= 11 is 0. The van der Waals surface area contributed by atoms with E-state index in [2.05, 4.69) is 4.99 Å². The first-order valence-electron chi connectivity index (χ1n) is 5.89. The van der Waals surface area contributed by atoms with Crippen LogP contribution < -0.4 is 11.5 Å². The van der Waals surface area contributed by atoms with E-state index in [9.17, 15) is 4.79 Å². The van der Waals surface area contributed by atoms with Crippen LogP contribution in [0.1, 0.15) is 28.8 Å². The fraction of sp³-hybridized carbons (Fsp3) is 0.385. The molecule has 0 spiro atoms. The lowest BCUT2D eigenvalue weighted by atomic mass is 10.1. The number of ether oxygens (including phenoxy) is 1. The van der Waals surface area contributed by atoms with Crippen LogP contribution in [-0.2, 0) is 4.74 Å². The summed E-state index contributed by atoms with van der Waals surface area (Å²) in [5.74, 6) is -0.202. The molecule has 4 N–H and O–H groups in total. The quantitative estimate of drug-likeness (QED) is 0.343.